The van der Waals surface area contributed by atoms with Gasteiger partial charge >= 0.3 is 0 Å². The van der Waals surface area contributed by atoms with E-state index in [0.29, 0.717) is 36.8 Å². The third-order valence-corrected chi connectivity index (χ3v) is 6.86. The molecule has 2 aliphatic rings. The zero-order chi connectivity index (χ0) is 20.7. The van der Waals surface area contributed by atoms with Crippen molar-refractivity contribution in [2.45, 2.75) is 12.6 Å². The molecule has 8 heteroatoms. The Kier molecular flexibility index (Phi) is 4.80. The molecule has 1 aromatic carbocycles. The van der Waals surface area contributed by atoms with Gasteiger partial charge in [-0.3, -0.25) is 9.59 Å². The average Bonchev–Trinajstić information content (AvgIpc) is 3.52. The number of rotatable bonds is 4. The minimum atomic E-state index is -0.683. The zero-order valence-corrected chi connectivity index (χ0v) is 17.4. The van der Waals surface area contributed by atoms with Crippen molar-refractivity contribution in [3.63, 3.8) is 0 Å². The first-order chi connectivity index (χ1) is 14.6. The SMILES string of the molecule is O=C1C(=O)N(Cc2cccs2)C(c2cccs2)/C1=C(/O)c1ccc2c(c1)OCCO2. The van der Waals surface area contributed by atoms with E-state index in [1.54, 1.807) is 18.2 Å². The van der Waals surface area contributed by atoms with Gasteiger partial charge in [-0.05, 0) is 41.1 Å². The smallest absolute Gasteiger partial charge is 0.296 e. The third-order valence-electron chi connectivity index (χ3n) is 5.07. The molecule has 0 radical (unpaired) electrons. The summed E-state index contributed by atoms with van der Waals surface area (Å²) in [4.78, 5) is 29.2. The van der Waals surface area contributed by atoms with Gasteiger partial charge in [0.05, 0.1) is 12.1 Å². The maximum absolute atomic E-state index is 13.0. The molecule has 1 amide bonds. The van der Waals surface area contributed by atoms with Gasteiger partial charge in [-0.15, -0.1) is 22.7 Å². The highest BCUT2D eigenvalue weighted by Crippen LogP contribution is 2.43. The number of amides is 1. The highest BCUT2D eigenvalue weighted by atomic mass is 32.1. The van der Waals surface area contributed by atoms with Crippen LogP contribution in [0, 0.1) is 0 Å². The molecular formula is C22H17NO5S2. The fraction of sp³-hybridized carbons (Fsp3) is 0.182. The normalized spacial score (nSPS) is 20.0. The summed E-state index contributed by atoms with van der Waals surface area (Å²) < 4.78 is 11.1. The molecule has 30 heavy (non-hydrogen) atoms. The van der Waals surface area contributed by atoms with Crippen molar-refractivity contribution < 1.29 is 24.2 Å². The van der Waals surface area contributed by atoms with E-state index >= 15 is 0 Å². The van der Waals surface area contributed by atoms with Crippen molar-refractivity contribution in [1.82, 2.24) is 4.90 Å². The monoisotopic (exact) mass is 439 g/mol. The predicted octanol–water partition coefficient (Wildman–Crippen LogP) is 4.20. The Morgan fingerprint density at radius 3 is 2.53 bits per heavy atom. The number of carbonyl (C=O) groups excluding carboxylic acids is 2. The van der Waals surface area contributed by atoms with Crippen LogP contribution in [-0.2, 0) is 16.1 Å². The van der Waals surface area contributed by atoms with E-state index < -0.39 is 17.7 Å². The molecule has 5 rings (SSSR count). The van der Waals surface area contributed by atoms with Crippen LogP contribution >= 0.6 is 22.7 Å². The van der Waals surface area contributed by atoms with E-state index in [0.717, 1.165) is 9.75 Å². The van der Waals surface area contributed by atoms with E-state index in [2.05, 4.69) is 0 Å². The van der Waals surface area contributed by atoms with E-state index in [-0.39, 0.29) is 11.3 Å². The molecule has 2 aromatic heterocycles. The summed E-state index contributed by atoms with van der Waals surface area (Å²) in [7, 11) is 0. The number of hydrogen-bond acceptors (Lipinski definition) is 7. The molecule has 0 spiro atoms. The van der Waals surface area contributed by atoms with Gasteiger partial charge in [0.25, 0.3) is 11.7 Å². The van der Waals surface area contributed by atoms with Crippen LogP contribution < -0.4 is 9.47 Å². The third kappa shape index (κ3) is 3.18. The molecule has 1 fully saturated rings. The molecule has 152 valence electrons. The Balaban J connectivity index is 1.61. The van der Waals surface area contributed by atoms with Crippen LogP contribution in [0.5, 0.6) is 11.5 Å². The van der Waals surface area contributed by atoms with Crippen molar-refractivity contribution in [3.8, 4) is 11.5 Å². The molecule has 6 nitrogen and oxygen atoms in total. The Bertz CT molecular complexity index is 1130. The summed E-state index contributed by atoms with van der Waals surface area (Å²) in [6.45, 7) is 1.19. The van der Waals surface area contributed by atoms with Gasteiger partial charge in [0.1, 0.15) is 25.0 Å². The van der Waals surface area contributed by atoms with Crippen molar-refractivity contribution in [2.24, 2.45) is 0 Å². The lowest BCUT2D eigenvalue weighted by Gasteiger charge is -2.23. The van der Waals surface area contributed by atoms with Gasteiger partial charge in [-0.25, -0.2) is 0 Å². The van der Waals surface area contributed by atoms with Crippen LogP contribution in [0.25, 0.3) is 5.76 Å². The number of hydrogen-bond donors (Lipinski definition) is 1. The lowest BCUT2D eigenvalue weighted by atomic mass is 9.99. The summed E-state index contributed by atoms with van der Waals surface area (Å²) >= 11 is 2.97. The molecule has 0 bridgehead atoms. The molecule has 1 N–H and O–H groups in total. The number of fused-ring (bicyclic) bond motifs is 1. The zero-order valence-electron chi connectivity index (χ0n) is 15.7. The standard InChI is InChI=1S/C22H17NO5S2/c24-20(13-5-6-15-16(11-13)28-8-7-27-15)18-19(17-4-2-10-30-17)23(22(26)21(18)25)12-14-3-1-9-29-14/h1-6,9-11,19,24H,7-8,12H2/b20-18-. The summed E-state index contributed by atoms with van der Waals surface area (Å²) in [6, 6.07) is 12.0. The van der Waals surface area contributed by atoms with Crippen molar-refractivity contribution in [1.29, 1.82) is 0 Å². The topological polar surface area (TPSA) is 76.1 Å². The number of carbonyl (C=O) groups is 2. The molecule has 1 saturated heterocycles. The Labute approximate surface area is 180 Å². The van der Waals surface area contributed by atoms with Gasteiger partial charge in [0.15, 0.2) is 11.5 Å². The fourth-order valence-corrected chi connectivity index (χ4v) is 5.25. The number of ether oxygens (including phenoxy) is 2. The molecule has 3 aromatic rings. The number of aliphatic hydroxyl groups is 1. The van der Waals surface area contributed by atoms with Gasteiger partial charge in [-0.2, -0.15) is 0 Å². The van der Waals surface area contributed by atoms with E-state index in [1.807, 2.05) is 35.0 Å². The quantitative estimate of drug-likeness (QED) is 0.375. The Morgan fingerprint density at radius 2 is 1.80 bits per heavy atom. The number of Topliss-reactive ketones (excluding diaryl/α,β-unsaturated/α-hetero) is 1. The molecule has 0 saturated carbocycles. The Hall–Kier alpha value is -3.10. The number of thiophene rings is 2. The first-order valence-electron chi connectivity index (χ1n) is 9.37. The highest BCUT2D eigenvalue weighted by Gasteiger charge is 2.46. The second kappa shape index (κ2) is 7.62. The number of nitrogens with zero attached hydrogens (tertiary/aromatic N) is 1. The Morgan fingerprint density at radius 1 is 1.03 bits per heavy atom. The van der Waals surface area contributed by atoms with E-state index in [9.17, 15) is 14.7 Å². The number of ketones is 1. The fourth-order valence-electron chi connectivity index (χ4n) is 3.70. The van der Waals surface area contributed by atoms with Crippen LogP contribution in [0.1, 0.15) is 21.4 Å². The maximum atomic E-state index is 13.0. The van der Waals surface area contributed by atoms with Gasteiger partial charge in [-0.1, -0.05) is 12.1 Å². The minimum absolute atomic E-state index is 0.0932. The van der Waals surface area contributed by atoms with E-state index in [1.165, 1.54) is 27.6 Å². The molecule has 1 unspecified atom stereocenters. The van der Waals surface area contributed by atoms with Crippen LogP contribution in [0.3, 0.4) is 0 Å². The second-order valence-corrected chi connectivity index (χ2v) is 8.89. The van der Waals surface area contributed by atoms with Crippen molar-refractivity contribution >= 4 is 40.1 Å². The van der Waals surface area contributed by atoms with Crippen LogP contribution in [0.2, 0.25) is 0 Å². The average molecular weight is 440 g/mol. The summed E-state index contributed by atoms with van der Waals surface area (Å²) in [5.74, 6) is -0.410. The van der Waals surface area contributed by atoms with Crippen molar-refractivity contribution in [3.05, 3.63) is 74.1 Å². The number of likely N-dealkylation sites (tertiary alicyclic amines) is 1. The molecular weight excluding hydrogens is 422 g/mol. The van der Waals surface area contributed by atoms with Crippen LogP contribution in [-0.4, -0.2) is 34.9 Å². The lowest BCUT2D eigenvalue weighted by molar-refractivity contribution is -0.140. The maximum Gasteiger partial charge on any atom is 0.296 e. The van der Waals surface area contributed by atoms with Crippen molar-refractivity contribution in [2.75, 3.05) is 13.2 Å². The lowest BCUT2D eigenvalue weighted by Crippen LogP contribution is -2.28. The summed E-state index contributed by atoms with van der Waals surface area (Å²) in [6.07, 6.45) is 0. The predicted molar refractivity (Wildman–Crippen MR) is 114 cm³/mol. The van der Waals surface area contributed by atoms with Gasteiger partial charge in [0.2, 0.25) is 0 Å². The van der Waals surface area contributed by atoms with Crippen LogP contribution in [0.4, 0.5) is 0 Å². The molecule has 4 heterocycles. The van der Waals surface area contributed by atoms with Gasteiger partial charge in [0, 0.05) is 15.3 Å². The second-order valence-electron chi connectivity index (χ2n) is 6.88. The molecule has 0 aliphatic carbocycles. The van der Waals surface area contributed by atoms with Gasteiger partial charge < -0.3 is 19.5 Å². The number of benzene rings is 1. The van der Waals surface area contributed by atoms with E-state index in [4.69, 9.17) is 9.47 Å². The summed E-state index contributed by atoms with van der Waals surface area (Å²) in [5.41, 5.74) is 0.505. The number of aliphatic hydroxyl groups excluding tert-OH is 1. The minimum Gasteiger partial charge on any atom is -0.507 e. The molecule has 2 aliphatic heterocycles. The first kappa shape index (κ1) is 18.9. The first-order valence-corrected chi connectivity index (χ1v) is 11.1. The highest BCUT2D eigenvalue weighted by molar-refractivity contribution is 7.10. The summed E-state index contributed by atoms with van der Waals surface area (Å²) in [5, 5.41) is 14.9. The molecule has 1 atom stereocenters. The largest absolute Gasteiger partial charge is 0.507 e. The van der Waals surface area contributed by atoms with Crippen LogP contribution in [0.15, 0.2) is 58.8 Å².